The van der Waals surface area contributed by atoms with E-state index in [9.17, 15) is 26.0 Å². The van der Waals surface area contributed by atoms with Crippen LogP contribution < -0.4 is 11.1 Å². The lowest BCUT2D eigenvalue weighted by Gasteiger charge is -2.31. The fourth-order valence-electron chi connectivity index (χ4n) is 2.95. The second-order valence-electron chi connectivity index (χ2n) is 6.53. The molecule has 1 aromatic carbocycles. The number of hydrogen-bond acceptors (Lipinski definition) is 6. The van der Waals surface area contributed by atoms with Gasteiger partial charge in [-0.2, -0.15) is 13.2 Å². The van der Waals surface area contributed by atoms with E-state index in [4.69, 9.17) is 17.3 Å². The molecule has 0 unspecified atom stereocenters. The molecule has 1 aliphatic rings. The van der Waals surface area contributed by atoms with Gasteiger partial charge >= 0.3 is 6.18 Å². The summed E-state index contributed by atoms with van der Waals surface area (Å²) < 4.78 is 78.4. The number of hydrogen-bond donors (Lipinski definition) is 2. The molecule has 0 amide bonds. The van der Waals surface area contributed by atoms with Crippen molar-refractivity contribution in [2.24, 2.45) is 5.73 Å². The number of thiazole rings is 1. The Labute approximate surface area is 173 Å². The molecule has 0 radical (unpaired) electrons. The van der Waals surface area contributed by atoms with E-state index in [2.05, 4.69) is 10.3 Å². The maximum atomic E-state index is 14.6. The van der Waals surface area contributed by atoms with Gasteiger partial charge in [-0.15, -0.1) is 11.3 Å². The summed E-state index contributed by atoms with van der Waals surface area (Å²) in [5, 5.41) is 4.47. The molecule has 1 aromatic heterocycles. The molecule has 158 valence electrons. The first-order valence-corrected chi connectivity index (χ1v) is 11.3. The zero-order valence-electron chi connectivity index (χ0n) is 14.7. The number of nitrogens with one attached hydrogen (secondary N) is 1. The summed E-state index contributed by atoms with van der Waals surface area (Å²) >= 11 is 7.21. The van der Waals surface area contributed by atoms with Gasteiger partial charge in [0.2, 0.25) is 0 Å². The highest BCUT2D eigenvalue weighted by Crippen LogP contribution is 2.36. The lowest BCUT2D eigenvalue weighted by Crippen LogP contribution is -2.43. The normalized spacial score (nSPS) is 20.4. The first-order valence-electron chi connectivity index (χ1n) is 8.36. The molecule has 3 N–H and O–H groups in total. The minimum Gasteiger partial charge on any atom is -0.379 e. The number of nitrogens with zero attached hydrogens (tertiary/aromatic N) is 1. The average molecular weight is 470 g/mol. The maximum absolute atomic E-state index is 14.6. The SMILES string of the molecule is N[C@@H]1CC=C(C(F)(F)F)C[C@H]1Nc1cc(F)c(S(=O)(=O)Cc2nccs2)cc1Cl. The maximum Gasteiger partial charge on any atom is 0.412 e. The number of aromatic nitrogens is 1. The quantitative estimate of drug-likeness (QED) is 0.504. The van der Waals surface area contributed by atoms with Gasteiger partial charge < -0.3 is 11.1 Å². The Kier molecular flexibility index (Phi) is 6.23. The van der Waals surface area contributed by atoms with E-state index >= 15 is 0 Å². The second-order valence-corrected chi connectivity index (χ2v) is 9.87. The Bertz CT molecular complexity index is 1020. The van der Waals surface area contributed by atoms with E-state index in [1.54, 1.807) is 5.38 Å². The molecular weight excluding hydrogens is 454 g/mol. The lowest BCUT2D eigenvalue weighted by atomic mass is 9.90. The largest absolute Gasteiger partial charge is 0.412 e. The minimum atomic E-state index is -4.48. The van der Waals surface area contributed by atoms with Gasteiger partial charge in [0.25, 0.3) is 0 Å². The van der Waals surface area contributed by atoms with Gasteiger partial charge in [0.1, 0.15) is 21.5 Å². The predicted octanol–water partition coefficient (Wildman–Crippen LogP) is 4.30. The number of benzene rings is 1. The summed E-state index contributed by atoms with van der Waals surface area (Å²) in [5.74, 6) is -1.55. The molecule has 0 aliphatic heterocycles. The van der Waals surface area contributed by atoms with E-state index in [0.717, 1.165) is 29.5 Å². The van der Waals surface area contributed by atoms with Crippen LogP contribution in [-0.2, 0) is 15.6 Å². The molecule has 0 saturated carbocycles. The van der Waals surface area contributed by atoms with Gasteiger partial charge in [-0.05, 0) is 25.0 Å². The Morgan fingerprint density at radius 3 is 2.69 bits per heavy atom. The number of anilines is 1. The van der Waals surface area contributed by atoms with Crippen molar-refractivity contribution < 1.29 is 26.0 Å². The third-order valence-electron chi connectivity index (χ3n) is 4.45. The molecule has 29 heavy (non-hydrogen) atoms. The fraction of sp³-hybridized carbons (Fsp3) is 0.353. The fourth-order valence-corrected chi connectivity index (χ4v) is 5.58. The monoisotopic (exact) mass is 469 g/mol. The first kappa shape index (κ1) is 22.0. The number of sulfone groups is 1. The molecule has 0 fully saturated rings. The highest BCUT2D eigenvalue weighted by atomic mass is 35.5. The highest BCUT2D eigenvalue weighted by Gasteiger charge is 2.38. The van der Waals surface area contributed by atoms with E-state index in [0.29, 0.717) is 5.01 Å². The molecule has 12 heteroatoms. The van der Waals surface area contributed by atoms with E-state index in [1.165, 1.54) is 6.20 Å². The van der Waals surface area contributed by atoms with Gasteiger partial charge in [0.15, 0.2) is 9.84 Å². The Morgan fingerprint density at radius 1 is 1.34 bits per heavy atom. The van der Waals surface area contributed by atoms with E-state index in [1.807, 2.05) is 0 Å². The standard InChI is InChI=1S/C17H16ClF4N3O2S2/c18-10-6-15(29(26,27)8-16-24-3-4-28-16)11(19)7-13(10)25-14-5-9(17(20,21)22)1-2-12(14)23/h1,3-4,6-7,12,14,25H,2,5,8,23H2/t12-,14-/m1/s1. The van der Waals surface area contributed by atoms with Crippen molar-refractivity contribution in [2.75, 3.05) is 5.32 Å². The van der Waals surface area contributed by atoms with Crippen LogP contribution in [0.15, 0.2) is 40.3 Å². The summed E-state index contributed by atoms with van der Waals surface area (Å²) in [4.78, 5) is 3.27. The van der Waals surface area contributed by atoms with Crippen LogP contribution in [0.4, 0.5) is 23.2 Å². The van der Waals surface area contributed by atoms with E-state index < -0.39 is 56.6 Å². The van der Waals surface area contributed by atoms with Crippen molar-refractivity contribution in [1.29, 1.82) is 0 Å². The summed E-state index contributed by atoms with van der Waals surface area (Å²) in [6, 6.07) is 0.312. The molecule has 1 heterocycles. The Morgan fingerprint density at radius 2 is 2.07 bits per heavy atom. The summed E-state index contributed by atoms with van der Waals surface area (Å²) in [6.07, 6.45) is -2.43. The molecule has 0 spiro atoms. The highest BCUT2D eigenvalue weighted by molar-refractivity contribution is 7.90. The van der Waals surface area contributed by atoms with Gasteiger partial charge in [-0.3, -0.25) is 0 Å². The van der Waals surface area contributed by atoms with Gasteiger partial charge in [0.05, 0.1) is 10.7 Å². The molecular formula is C17H16ClF4N3O2S2. The predicted molar refractivity (Wildman–Crippen MR) is 103 cm³/mol. The van der Waals surface area contributed by atoms with Crippen LogP contribution >= 0.6 is 22.9 Å². The smallest absolute Gasteiger partial charge is 0.379 e. The van der Waals surface area contributed by atoms with Crippen LogP contribution in [0.25, 0.3) is 0 Å². The van der Waals surface area contributed by atoms with E-state index in [-0.39, 0.29) is 17.1 Å². The zero-order valence-corrected chi connectivity index (χ0v) is 17.1. The number of alkyl halides is 3. The number of rotatable bonds is 5. The third-order valence-corrected chi connectivity index (χ3v) is 7.36. The van der Waals surface area contributed by atoms with Crippen molar-refractivity contribution in [2.45, 2.75) is 41.7 Å². The van der Waals surface area contributed by atoms with Crippen molar-refractivity contribution >= 4 is 38.5 Å². The average Bonchev–Trinajstić information content (AvgIpc) is 3.10. The van der Waals surface area contributed by atoms with Crippen LogP contribution in [0.1, 0.15) is 17.8 Å². The van der Waals surface area contributed by atoms with Gasteiger partial charge in [-0.1, -0.05) is 17.7 Å². The van der Waals surface area contributed by atoms with Crippen LogP contribution in [0.3, 0.4) is 0 Å². The van der Waals surface area contributed by atoms with Crippen molar-refractivity contribution in [3.63, 3.8) is 0 Å². The Hall–Kier alpha value is -1.69. The molecule has 2 aromatic rings. The van der Waals surface area contributed by atoms with Crippen LogP contribution in [0.2, 0.25) is 5.02 Å². The van der Waals surface area contributed by atoms with Crippen LogP contribution in [0.5, 0.6) is 0 Å². The second kappa shape index (κ2) is 8.21. The molecule has 0 saturated heterocycles. The summed E-state index contributed by atoms with van der Waals surface area (Å²) in [5.41, 5.74) is 5.13. The molecule has 3 rings (SSSR count). The Balaban J connectivity index is 1.83. The topological polar surface area (TPSA) is 85.1 Å². The van der Waals surface area contributed by atoms with Gasteiger partial charge in [-0.25, -0.2) is 17.8 Å². The number of halogens is 5. The van der Waals surface area contributed by atoms with Crippen molar-refractivity contribution in [1.82, 2.24) is 4.98 Å². The molecule has 5 nitrogen and oxygen atoms in total. The first-order chi connectivity index (χ1) is 13.5. The third kappa shape index (κ3) is 5.08. The van der Waals surface area contributed by atoms with Crippen LogP contribution in [0, 0.1) is 5.82 Å². The minimum absolute atomic E-state index is 0.00706. The lowest BCUT2D eigenvalue weighted by molar-refractivity contribution is -0.0955. The molecule has 0 bridgehead atoms. The van der Waals surface area contributed by atoms with Gasteiger partial charge in [0, 0.05) is 29.2 Å². The van der Waals surface area contributed by atoms with Crippen molar-refractivity contribution in [3.05, 3.63) is 51.2 Å². The summed E-state index contributed by atoms with van der Waals surface area (Å²) in [6.45, 7) is 0. The van der Waals surface area contributed by atoms with Crippen LogP contribution in [-0.4, -0.2) is 31.7 Å². The summed E-state index contributed by atoms with van der Waals surface area (Å²) in [7, 11) is -4.05. The molecule has 1 aliphatic carbocycles. The zero-order chi connectivity index (χ0) is 21.4. The van der Waals surface area contributed by atoms with Crippen molar-refractivity contribution in [3.8, 4) is 0 Å². The number of nitrogens with two attached hydrogens (primary N) is 1. The molecule has 2 atom stereocenters.